The second-order valence-electron chi connectivity index (χ2n) is 5.31. The molecule has 2 aromatic rings. The van der Waals surface area contributed by atoms with Crippen LogP contribution in [0.15, 0.2) is 36.4 Å². The van der Waals surface area contributed by atoms with Crippen molar-refractivity contribution in [1.82, 2.24) is 5.32 Å². The second-order valence-corrected chi connectivity index (χ2v) is 6.15. The van der Waals surface area contributed by atoms with Gasteiger partial charge in [-0.25, -0.2) is 0 Å². The van der Waals surface area contributed by atoms with E-state index in [9.17, 15) is 0 Å². The fraction of sp³-hybridized carbons (Fsp3) is 0.294. The zero-order valence-corrected chi connectivity index (χ0v) is 13.3. The van der Waals surface area contributed by atoms with E-state index in [-0.39, 0.29) is 0 Å². The number of nitrogens with one attached hydrogen (secondary N) is 1. The molecule has 1 fully saturated rings. The Bertz CT molecular complexity index is 653. The molecule has 0 bridgehead atoms. The van der Waals surface area contributed by atoms with Crippen molar-refractivity contribution < 1.29 is 4.74 Å². The maximum absolute atomic E-state index is 6.15. The summed E-state index contributed by atoms with van der Waals surface area (Å²) in [5.74, 6) is 0.685. The third kappa shape index (κ3) is 3.52. The van der Waals surface area contributed by atoms with Gasteiger partial charge in [0.25, 0.3) is 0 Å². The minimum Gasteiger partial charge on any atom is -0.495 e. The number of hydrogen-bond acceptors (Lipinski definition) is 2. The summed E-state index contributed by atoms with van der Waals surface area (Å²) in [7, 11) is 1.63. The van der Waals surface area contributed by atoms with Crippen LogP contribution in [0.2, 0.25) is 10.0 Å². The average molecular weight is 322 g/mol. The Labute approximate surface area is 135 Å². The Hall–Kier alpha value is -1.22. The smallest absolute Gasteiger partial charge is 0.138 e. The van der Waals surface area contributed by atoms with Gasteiger partial charge in [-0.05, 0) is 53.8 Å². The number of hydrogen-bond donors (Lipinski definition) is 1. The highest BCUT2D eigenvalue weighted by molar-refractivity contribution is 6.32. The van der Waals surface area contributed by atoms with E-state index in [0.717, 1.165) is 22.7 Å². The predicted octanol–water partition coefficient (Wildman–Crippen LogP) is 4.92. The summed E-state index contributed by atoms with van der Waals surface area (Å²) in [4.78, 5) is 0. The lowest BCUT2D eigenvalue weighted by atomic mass is 9.99. The summed E-state index contributed by atoms with van der Waals surface area (Å²) in [6.07, 6.45) is 2.54. The molecule has 3 rings (SSSR count). The van der Waals surface area contributed by atoms with Crippen molar-refractivity contribution in [2.45, 2.75) is 25.4 Å². The Morgan fingerprint density at radius 1 is 1.14 bits per heavy atom. The first-order chi connectivity index (χ1) is 10.2. The van der Waals surface area contributed by atoms with Gasteiger partial charge >= 0.3 is 0 Å². The fourth-order valence-corrected chi connectivity index (χ4v) is 2.75. The van der Waals surface area contributed by atoms with Crippen LogP contribution in [0.1, 0.15) is 18.4 Å². The van der Waals surface area contributed by atoms with Crippen LogP contribution in [0, 0.1) is 0 Å². The van der Waals surface area contributed by atoms with E-state index < -0.39 is 0 Å². The Morgan fingerprint density at radius 3 is 2.67 bits per heavy atom. The highest BCUT2D eigenvalue weighted by atomic mass is 35.5. The summed E-state index contributed by atoms with van der Waals surface area (Å²) in [5, 5.41) is 4.91. The summed E-state index contributed by atoms with van der Waals surface area (Å²) >= 11 is 12.2. The zero-order chi connectivity index (χ0) is 14.8. The lowest BCUT2D eigenvalue weighted by molar-refractivity contribution is 0.415. The van der Waals surface area contributed by atoms with Crippen molar-refractivity contribution in [3.63, 3.8) is 0 Å². The van der Waals surface area contributed by atoms with Crippen LogP contribution in [0.3, 0.4) is 0 Å². The monoisotopic (exact) mass is 321 g/mol. The van der Waals surface area contributed by atoms with Crippen molar-refractivity contribution >= 4 is 23.2 Å². The standard InChI is InChI=1S/C17H17Cl2NO/c1-21-17-9-11(2-7-16(17)19)15-6-3-13(18)8-12(15)10-20-14-4-5-14/h2-3,6-9,14,20H,4-5,10H2,1H3. The quantitative estimate of drug-likeness (QED) is 0.843. The molecule has 1 saturated carbocycles. The van der Waals surface area contributed by atoms with Gasteiger partial charge < -0.3 is 10.1 Å². The normalized spacial score (nSPS) is 14.2. The van der Waals surface area contributed by atoms with Crippen LogP contribution >= 0.6 is 23.2 Å². The van der Waals surface area contributed by atoms with Gasteiger partial charge in [0, 0.05) is 17.6 Å². The number of ether oxygens (including phenoxy) is 1. The molecule has 1 aliphatic carbocycles. The van der Waals surface area contributed by atoms with Crippen LogP contribution in [0.4, 0.5) is 0 Å². The SMILES string of the molecule is COc1cc(-c2ccc(Cl)cc2CNC2CC2)ccc1Cl. The molecule has 0 saturated heterocycles. The van der Waals surface area contributed by atoms with Crippen LogP contribution in [-0.4, -0.2) is 13.2 Å². The molecule has 0 atom stereocenters. The van der Waals surface area contributed by atoms with Crippen LogP contribution < -0.4 is 10.1 Å². The Morgan fingerprint density at radius 2 is 1.95 bits per heavy atom. The minimum atomic E-state index is 0.618. The molecule has 21 heavy (non-hydrogen) atoms. The lowest BCUT2D eigenvalue weighted by Crippen LogP contribution is -2.15. The van der Waals surface area contributed by atoms with Gasteiger partial charge in [0.05, 0.1) is 12.1 Å². The van der Waals surface area contributed by atoms with E-state index >= 15 is 0 Å². The van der Waals surface area contributed by atoms with Crippen LogP contribution in [0.5, 0.6) is 5.75 Å². The molecule has 2 aromatic carbocycles. The van der Waals surface area contributed by atoms with Crippen molar-refractivity contribution in [2.24, 2.45) is 0 Å². The van der Waals surface area contributed by atoms with E-state index in [1.165, 1.54) is 18.4 Å². The molecule has 0 aliphatic heterocycles. The molecule has 1 N–H and O–H groups in total. The highest BCUT2D eigenvalue weighted by Crippen LogP contribution is 2.33. The van der Waals surface area contributed by atoms with Gasteiger partial charge in [-0.2, -0.15) is 0 Å². The number of halogens is 2. The highest BCUT2D eigenvalue weighted by Gasteiger charge is 2.20. The first kappa shape index (κ1) is 14.7. The first-order valence-corrected chi connectivity index (χ1v) is 7.78. The van der Waals surface area contributed by atoms with Crippen molar-refractivity contribution in [2.75, 3.05) is 7.11 Å². The maximum atomic E-state index is 6.15. The molecule has 0 heterocycles. The molecule has 2 nitrogen and oxygen atoms in total. The minimum absolute atomic E-state index is 0.618. The molecule has 1 aliphatic rings. The third-order valence-electron chi connectivity index (χ3n) is 3.69. The molecular formula is C17H17Cl2NO. The van der Waals surface area contributed by atoms with Gasteiger partial charge in [0.15, 0.2) is 0 Å². The molecule has 4 heteroatoms. The number of methoxy groups -OCH3 is 1. The van der Waals surface area contributed by atoms with Crippen LogP contribution in [-0.2, 0) is 6.54 Å². The molecule has 0 aromatic heterocycles. The topological polar surface area (TPSA) is 21.3 Å². The molecule has 110 valence electrons. The lowest BCUT2D eigenvalue weighted by Gasteiger charge is -2.13. The van der Waals surface area contributed by atoms with E-state index in [2.05, 4.69) is 11.4 Å². The molecular weight excluding hydrogens is 305 g/mol. The molecule has 0 radical (unpaired) electrons. The van der Waals surface area contributed by atoms with E-state index in [0.29, 0.717) is 16.8 Å². The van der Waals surface area contributed by atoms with Crippen LogP contribution in [0.25, 0.3) is 11.1 Å². The van der Waals surface area contributed by atoms with Gasteiger partial charge in [0.2, 0.25) is 0 Å². The molecule has 0 unspecified atom stereocenters. The largest absolute Gasteiger partial charge is 0.495 e. The van der Waals surface area contributed by atoms with Gasteiger partial charge in [-0.1, -0.05) is 35.3 Å². The van der Waals surface area contributed by atoms with E-state index in [1.54, 1.807) is 7.11 Å². The van der Waals surface area contributed by atoms with E-state index in [1.807, 2.05) is 30.3 Å². The summed E-state index contributed by atoms with van der Waals surface area (Å²) in [6.45, 7) is 0.825. The summed E-state index contributed by atoms with van der Waals surface area (Å²) in [6, 6.07) is 12.5. The molecule has 0 spiro atoms. The van der Waals surface area contributed by atoms with Gasteiger partial charge in [-0.3, -0.25) is 0 Å². The second kappa shape index (κ2) is 6.27. The van der Waals surface area contributed by atoms with Crippen molar-refractivity contribution in [1.29, 1.82) is 0 Å². The Kier molecular flexibility index (Phi) is 4.39. The van der Waals surface area contributed by atoms with Gasteiger partial charge in [-0.15, -0.1) is 0 Å². The van der Waals surface area contributed by atoms with E-state index in [4.69, 9.17) is 27.9 Å². The van der Waals surface area contributed by atoms with Crippen molar-refractivity contribution in [3.8, 4) is 16.9 Å². The first-order valence-electron chi connectivity index (χ1n) is 7.03. The maximum Gasteiger partial charge on any atom is 0.138 e. The molecule has 0 amide bonds. The summed E-state index contributed by atoms with van der Waals surface area (Å²) in [5.41, 5.74) is 3.43. The third-order valence-corrected chi connectivity index (χ3v) is 4.24. The van der Waals surface area contributed by atoms with Gasteiger partial charge in [0.1, 0.15) is 5.75 Å². The average Bonchev–Trinajstić information content (AvgIpc) is 3.30. The zero-order valence-electron chi connectivity index (χ0n) is 11.8. The summed E-state index contributed by atoms with van der Waals surface area (Å²) < 4.78 is 5.31. The fourth-order valence-electron chi connectivity index (χ4n) is 2.36. The van der Waals surface area contributed by atoms with Crippen molar-refractivity contribution in [3.05, 3.63) is 52.0 Å². The predicted molar refractivity (Wildman–Crippen MR) is 88.3 cm³/mol. The Balaban J connectivity index is 1.95. The number of rotatable bonds is 5. The number of benzene rings is 2.